The van der Waals surface area contributed by atoms with Crippen molar-refractivity contribution in [2.24, 2.45) is 5.41 Å². The SMILES string of the molecule is COc1cc(C=CC(=O)CC(=O)SCCNC(=O)CCNC(=O)C(O)C(C)(C)COP(=O)(O)OP(=O)(O)OC[C@H]2O[C@@H](n3cnc4c(N)ncnc43)[C@H](O)[C@@H]2OP(=O)(O)O)ccc1O. The number of nitrogen functional groups attached to an aromatic ring is 1. The number of fused-ring (bicyclic) bond motifs is 1. The predicted molar refractivity (Wildman–Crippen MR) is 220 cm³/mol. The Labute approximate surface area is 367 Å². The van der Waals surface area contributed by atoms with E-state index >= 15 is 0 Å². The molecule has 31 heteroatoms. The number of amides is 2. The molecule has 2 amide bonds. The zero-order valence-electron chi connectivity index (χ0n) is 33.9. The second-order valence-electron chi connectivity index (χ2n) is 14.2. The lowest BCUT2D eigenvalue weighted by molar-refractivity contribution is -0.137. The molecule has 0 radical (unpaired) electrons. The summed E-state index contributed by atoms with van der Waals surface area (Å²) in [6.45, 7) is 0.140. The number of nitrogens with zero attached hydrogens (tertiary/aromatic N) is 4. The van der Waals surface area contributed by atoms with Crippen molar-refractivity contribution in [3.63, 3.8) is 0 Å². The second kappa shape index (κ2) is 22.3. The lowest BCUT2D eigenvalue weighted by Gasteiger charge is -2.30. The van der Waals surface area contributed by atoms with Crippen LogP contribution in [0.4, 0.5) is 5.82 Å². The molecule has 354 valence electrons. The number of aliphatic hydroxyl groups is 2. The summed E-state index contributed by atoms with van der Waals surface area (Å²) in [4.78, 5) is 100. The molecule has 7 atom stereocenters. The fraction of sp³-hybridized carbons (Fsp3) is 0.485. The molecule has 64 heavy (non-hydrogen) atoms. The first-order chi connectivity index (χ1) is 29.8. The van der Waals surface area contributed by atoms with E-state index in [0.717, 1.165) is 29.0 Å². The number of carbonyl (C=O) groups excluding carboxylic acids is 4. The van der Waals surface area contributed by atoms with Crippen LogP contribution >= 0.6 is 35.2 Å². The van der Waals surface area contributed by atoms with Crippen LogP contribution in [-0.4, -0.2) is 141 Å². The van der Waals surface area contributed by atoms with Crippen LogP contribution < -0.4 is 21.1 Å². The monoisotopic (exact) mass is 985 g/mol. The molecule has 3 aromatic rings. The number of carbonyl (C=O) groups is 4. The molecule has 1 fully saturated rings. The summed E-state index contributed by atoms with van der Waals surface area (Å²) in [6.07, 6.45) is -4.88. The second-order valence-corrected chi connectivity index (χ2v) is 19.6. The Balaban J connectivity index is 1.17. The fourth-order valence-electron chi connectivity index (χ4n) is 5.53. The van der Waals surface area contributed by atoms with Gasteiger partial charge in [0, 0.05) is 30.7 Å². The minimum absolute atomic E-state index is 0.0164. The number of rotatable bonds is 24. The Morgan fingerprint density at radius 3 is 2.44 bits per heavy atom. The van der Waals surface area contributed by atoms with Crippen molar-refractivity contribution < 1.29 is 95.1 Å². The van der Waals surface area contributed by atoms with Crippen LogP contribution in [-0.2, 0) is 55.5 Å². The summed E-state index contributed by atoms with van der Waals surface area (Å²) in [5, 5.41) is 35.6. The van der Waals surface area contributed by atoms with Gasteiger partial charge >= 0.3 is 23.5 Å². The summed E-state index contributed by atoms with van der Waals surface area (Å²) in [6, 6.07) is 4.45. The van der Waals surface area contributed by atoms with Gasteiger partial charge < -0.3 is 60.7 Å². The van der Waals surface area contributed by atoms with E-state index in [-0.39, 0.29) is 53.7 Å². The van der Waals surface area contributed by atoms with Gasteiger partial charge in [-0.1, -0.05) is 37.8 Å². The van der Waals surface area contributed by atoms with Crippen LogP contribution in [0.5, 0.6) is 11.5 Å². The maximum atomic E-state index is 12.7. The minimum Gasteiger partial charge on any atom is -0.504 e. The highest BCUT2D eigenvalue weighted by Gasteiger charge is 2.50. The number of aromatic nitrogens is 4. The number of aromatic hydroxyl groups is 1. The van der Waals surface area contributed by atoms with Crippen molar-refractivity contribution in [1.82, 2.24) is 30.2 Å². The van der Waals surface area contributed by atoms with E-state index in [1.165, 1.54) is 45.2 Å². The molecule has 1 aliphatic rings. The largest absolute Gasteiger partial charge is 0.504 e. The van der Waals surface area contributed by atoms with Gasteiger partial charge in [-0.05, 0) is 23.8 Å². The summed E-state index contributed by atoms with van der Waals surface area (Å²) in [5.74, 6) is -1.80. The van der Waals surface area contributed by atoms with Gasteiger partial charge in [-0.3, -0.25) is 37.3 Å². The molecule has 0 saturated carbocycles. The van der Waals surface area contributed by atoms with Gasteiger partial charge in [0.2, 0.25) is 11.8 Å². The quantitative estimate of drug-likeness (QED) is 0.0245. The summed E-state index contributed by atoms with van der Waals surface area (Å²) in [5.41, 5.74) is 4.75. The van der Waals surface area contributed by atoms with E-state index in [4.69, 9.17) is 24.3 Å². The highest BCUT2D eigenvalue weighted by Crippen LogP contribution is 2.61. The molecule has 3 heterocycles. The highest BCUT2D eigenvalue weighted by atomic mass is 32.2. The molecule has 1 aromatic carbocycles. The third-order valence-electron chi connectivity index (χ3n) is 8.75. The van der Waals surface area contributed by atoms with Crippen molar-refractivity contribution in [1.29, 1.82) is 0 Å². The number of aliphatic hydroxyl groups excluding tert-OH is 2. The van der Waals surface area contributed by atoms with Gasteiger partial charge in [0.1, 0.15) is 36.3 Å². The average molecular weight is 986 g/mol. The number of nitrogens with one attached hydrogen (secondary N) is 2. The molecule has 0 spiro atoms. The topological polar surface area (TPSA) is 410 Å². The third kappa shape index (κ3) is 15.5. The summed E-state index contributed by atoms with van der Waals surface area (Å²) >= 11 is 0.820. The smallest absolute Gasteiger partial charge is 0.481 e. The van der Waals surface area contributed by atoms with Gasteiger partial charge in [-0.2, -0.15) is 4.31 Å². The Bertz CT molecular complexity index is 2350. The number of phosphoric ester groups is 3. The number of ether oxygens (including phenoxy) is 2. The van der Waals surface area contributed by atoms with Crippen molar-refractivity contribution in [2.45, 2.75) is 57.3 Å². The zero-order chi connectivity index (χ0) is 47.6. The van der Waals surface area contributed by atoms with E-state index in [1.54, 1.807) is 6.07 Å². The number of benzene rings is 1. The van der Waals surface area contributed by atoms with E-state index in [1.807, 2.05) is 0 Å². The van der Waals surface area contributed by atoms with Gasteiger partial charge in [-0.25, -0.2) is 28.6 Å². The first kappa shape index (κ1) is 52.4. The summed E-state index contributed by atoms with van der Waals surface area (Å²) in [7, 11) is -15.1. The Hall–Kier alpha value is -4.21. The third-order valence-corrected chi connectivity index (χ3v) is 12.7. The maximum absolute atomic E-state index is 12.7. The van der Waals surface area contributed by atoms with Crippen molar-refractivity contribution in [2.75, 3.05) is 44.9 Å². The standard InChI is InChI=1S/C33H46N7O20P3S/c1-33(2,28(46)31(47)36-9-8-23(43)35-10-11-64-24(44)13-19(41)6-4-18-5-7-20(42)21(12-18)55-3)15-57-63(53,54)60-62(51,52)56-14-22-27(59-61(48,49)50)26(45)32(58-22)40-17-39-25-29(34)37-16-38-30(25)40/h4-7,12,16-17,22,26-28,32,42,45-46H,8-11,13-15H2,1-3H3,(H,35,43)(H,36,47)(H,51,52)(H,53,54)(H2,34,37,38)(H2,48,49,50)/t22-,26-,27-,28?,32-/m1/s1. The van der Waals surface area contributed by atoms with Crippen LogP contribution in [0.15, 0.2) is 36.9 Å². The number of anilines is 1. The molecule has 0 bridgehead atoms. The Morgan fingerprint density at radius 1 is 1.05 bits per heavy atom. The number of hydrogen-bond donors (Lipinski definition) is 10. The number of imidazole rings is 1. The number of phosphoric acid groups is 3. The van der Waals surface area contributed by atoms with Gasteiger partial charge in [-0.15, -0.1) is 0 Å². The van der Waals surface area contributed by atoms with Crippen LogP contribution in [0, 0.1) is 5.41 Å². The summed E-state index contributed by atoms with van der Waals surface area (Å²) < 4.78 is 67.2. The average Bonchev–Trinajstić information content (AvgIpc) is 3.77. The Morgan fingerprint density at radius 2 is 1.75 bits per heavy atom. The normalized spacial score (nSPS) is 20.4. The molecule has 2 aromatic heterocycles. The lowest BCUT2D eigenvalue weighted by atomic mass is 9.87. The molecule has 27 nitrogen and oxygen atoms in total. The van der Waals surface area contributed by atoms with Gasteiger partial charge in [0.05, 0.1) is 33.1 Å². The molecule has 1 aliphatic heterocycles. The maximum Gasteiger partial charge on any atom is 0.481 e. The number of thioether (sulfide) groups is 1. The highest BCUT2D eigenvalue weighted by molar-refractivity contribution is 8.13. The predicted octanol–water partition coefficient (Wildman–Crippen LogP) is 0.0515. The van der Waals surface area contributed by atoms with Gasteiger partial charge in [0.15, 0.2) is 40.1 Å². The van der Waals surface area contributed by atoms with Gasteiger partial charge in [0.25, 0.3) is 0 Å². The first-order valence-electron chi connectivity index (χ1n) is 18.4. The zero-order valence-corrected chi connectivity index (χ0v) is 37.4. The molecular weight excluding hydrogens is 939 g/mol. The van der Waals surface area contributed by atoms with Crippen LogP contribution in [0.3, 0.4) is 0 Å². The molecule has 3 unspecified atom stereocenters. The van der Waals surface area contributed by atoms with Crippen LogP contribution in [0.1, 0.15) is 38.5 Å². The first-order valence-corrected chi connectivity index (χ1v) is 23.9. The number of ketones is 1. The van der Waals surface area contributed by atoms with E-state index in [9.17, 15) is 67.8 Å². The number of hydrogen-bond acceptors (Lipinski definition) is 21. The Kier molecular flexibility index (Phi) is 18.3. The lowest BCUT2D eigenvalue weighted by Crippen LogP contribution is -2.46. The van der Waals surface area contributed by atoms with E-state index in [2.05, 4.69) is 34.4 Å². The van der Waals surface area contributed by atoms with Crippen molar-refractivity contribution in [3.8, 4) is 11.5 Å². The number of methoxy groups -OCH3 is 1. The molecule has 0 aliphatic carbocycles. The fourth-order valence-corrected chi connectivity index (χ4v) is 9.04. The molecule has 1 saturated heterocycles. The van der Waals surface area contributed by atoms with Crippen LogP contribution in [0.2, 0.25) is 0 Å². The number of phenolic OH excluding ortho intramolecular Hbond substituents is 1. The van der Waals surface area contributed by atoms with Crippen molar-refractivity contribution in [3.05, 3.63) is 42.5 Å². The number of allylic oxidation sites excluding steroid dienone is 1. The van der Waals surface area contributed by atoms with E-state index in [0.29, 0.717) is 5.56 Å². The minimum atomic E-state index is -5.60. The molecule has 11 N–H and O–H groups in total. The van der Waals surface area contributed by atoms with Crippen molar-refractivity contribution >= 4 is 81.0 Å². The van der Waals surface area contributed by atoms with Crippen LogP contribution in [0.25, 0.3) is 17.2 Å². The number of nitrogens with two attached hydrogens (primary N) is 1. The van der Waals surface area contributed by atoms with E-state index < -0.39 is 102 Å². The molecular formula is C33H46N7O20P3S. The molecule has 4 rings (SSSR count). The number of phenols is 1.